The van der Waals surface area contributed by atoms with Crippen LogP contribution in [0.4, 0.5) is 0 Å². The lowest BCUT2D eigenvalue weighted by Crippen LogP contribution is -2.38. The number of halogens is 1. The molecule has 3 heterocycles. The number of rotatable bonds is 2. The van der Waals surface area contributed by atoms with Crippen LogP contribution in [0.5, 0.6) is 0 Å². The molecule has 4 rings (SSSR count). The molecule has 2 aliphatic heterocycles. The zero-order valence-corrected chi connectivity index (χ0v) is 15.8. The van der Waals surface area contributed by atoms with Crippen molar-refractivity contribution in [2.45, 2.75) is 39.0 Å². The fourth-order valence-corrected chi connectivity index (χ4v) is 3.68. The van der Waals surface area contributed by atoms with E-state index in [-0.39, 0.29) is 12.0 Å². The first-order valence-corrected chi connectivity index (χ1v) is 9.50. The van der Waals surface area contributed by atoms with Crippen molar-refractivity contribution in [3.8, 4) is 0 Å². The lowest BCUT2D eigenvalue weighted by atomic mass is 9.99. The fourth-order valence-electron chi connectivity index (χ4n) is 3.42. The van der Waals surface area contributed by atoms with Crippen molar-refractivity contribution in [1.82, 2.24) is 19.9 Å². The number of hydrogen-bond acceptors (Lipinski definition) is 4. The summed E-state index contributed by atoms with van der Waals surface area (Å²) in [5.41, 5.74) is 2.34. The van der Waals surface area contributed by atoms with E-state index in [2.05, 4.69) is 33.2 Å². The minimum atomic E-state index is -0.0684. The van der Waals surface area contributed by atoms with Gasteiger partial charge in [0.05, 0.1) is 18.8 Å². The van der Waals surface area contributed by atoms with Gasteiger partial charge in [0.2, 0.25) is 0 Å². The molecule has 2 aromatic rings. The SMILES string of the molecule is CC1CCN(C(=O)c2nnn3c2CO[C@H](c2ccc(Br)cc2)C3)CC1. The second-order valence-corrected chi connectivity index (χ2v) is 7.81. The number of piperidine rings is 1. The molecule has 0 spiro atoms. The van der Waals surface area contributed by atoms with Gasteiger partial charge in [-0.25, -0.2) is 4.68 Å². The van der Waals surface area contributed by atoms with Gasteiger partial charge in [0.15, 0.2) is 5.69 Å². The van der Waals surface area contributed by atoms with Crippen LogP contribution in [0, 0.1) is 5.92 Å². The maximum Gasteiger partial charge on any atom is 0.276 e. The van der Waals surface area contributed by atoms with E-state index in [1.807, 2.05) is 33.8 Å². The summed E-state index contributed by atoms with van der Waals surface area (Å²) < 4.78 is 8.85. The summed E-state index contributed by atoms with van der Waals surface area (Å²) in [6, 6.07) is 8.08. The van der Waals surface area contributed by atoms with E-state index in [9.17, 15) is 4.79 Å². The summed E-state index contributed by atoms with van der Waals surface area (Å²) in [6.07, 6.45) is 2.04. The third-order valence-electron chi connectivity index (χ3n) is 5.11. The predicted octanol–water partition coefficient (Wildman–Crippen LogP) is 3.18. The van der Waals surface area contributed by atoms with E-state index in [4.69, 9.17) is 4.74 Å². The first-order chi connectivity index (χ1) is 12.1. The van der Waals surface area contributed by atoms with Crippen molar-refractivity contribution in [2.75, 3.05) is 13.1 Å². The van der Waals surface area contributed by atoms with Gasteiger partial charge in [-0.3, -0.25) is 4.79 Å². The third kappa shape index (κ3) is 3.35. The summed E-state index contributed by atoms with van der Waals surface area (Å²) >= 11 is 3.45. The molecule has 6 nitrogen and oxygen atoms in total. The van der Waals surface area contributed by atoms with Crippen molar-refractivity contribution < 1.29 is 9.53 Å². The van der Waals surface area contributed by atoms with E-state index < -0.39 is 0 Å². The van der Waals surface area contributed by atoms with E-state index >= 15 is 0 Å². The molecule has 7 heteroatoms. The van der Waals surface area contributed by atoms with E-state index in [0.717, 1.165) is 41.7 Å². The Kier molecular flexibility index (Phi) is 4.60. The monoisotopic (exact) mass is 404 g/mol. The van der Waals surface area contributed by atoms with Crippen molar-refractivity contribution in [1.29, 1.82) is 0 Å². The Morgan fingerprint density at radius 2 is 1.96 bits per heavy atom. The minimum absolute atomic E-state index is 0.0150. The van der Waals surface area contributed by atoms with Crippen LogP contribution in [-0.4, -0.2) is 38.9 Å². The number of ether oxygens (including phenoxy) is 1. The summed E-state index contributed by atoms with van der Waals surface area (Å²) in [4.78, 5) is 14.7. The number of benzene rings is 1. The molecule has 1 aromatic carbocycles. The maximum absolute atomic E-state index is 12.8. The lowest BCUT2D eigenvalue weighted by Gasteiger charge is -2.30. The van der Waals surface area contributed by atoms with Crippen LogP contribution in [-0.2, 0) is 17.9 Å². The second-order valence-electron chi connectivity index (χ2n) is 6.89. The number of hydrogen-bond donors (Lipinski definition) is 0. The molecule has 0 unspecified atom stereocenters. The largest absolute Gasteiger partial charge is 0.365 e. The first-order valence-electron chi connectivity index (χ1n) is 8.70. The zero-order chi connectivity index (χ0) is 17.4. The van der Waals surface area contributed by atoms with Crippen molar-refractivity contribution >= 4 is 21.8 Å². The first kappa shape index (κ1) is 16.7. The zero-order valence-electron chi connectivity index (χ0n) is 14.2. The van der Waals surface area contributed by atoms with Gasteiger partial charge >= 0.3 is 0 Å². The highest BCUT2D eigenvalue weighted by molar-refractivity contribution is 9.10. The Labute approximate surface area is 155 Å². The Morgan fingerprint density at radius 1 is 1.24 bits per heavy atom. The number of aromatic nitrogens is 3. The molecule has 132 valence electrons. The normalized spacial score (nSPS) is 21.2. The van der Waals surface area contributed by atoms with Crippen molar-refractivity contribution in [3.63, 3.8) is 0 Å². The second kappa shape index (κ2) is 6.88. The summed E-state index contributed by atoms with van der Waals surface area (Å²) in [6.45, 7) is 4.77. The molecule has 1 aromatic heterocycles. The molecule has 1 saturated heterocycles. The van der Waals surface area contributed by atoms with Gasteiger partial charge in [0, 0.05) is 17.6 Å². The van der Waals surface area contributed by atoms with Crippen LogP contribution >= 0.6 is 15.9 Å². The smallest absolute Gasteiger partial charge is 0.276 e. The third-order valence-corrected chi connectivity index (χ3v) is 5.64. The average Bonchev–Trinajstić information content (AvgIpc) is 3.05. The fraction of sp³-hybridized carbons (Fsp3) is 0.500. The van der Waals surface area contributed by atoms with Crippen LogP contribution < -0.4 is 0 Å². The molecule has 0 bridgehead atoms. The number of carbonyl (C=O) groups excluding carboxylic acids is 1. The number of likely N-dealkylation sites (tertiary alicyclic amines) is 1. The number of fused-ring (bicyclic) bond motifs is 1. The summed E-state index contributed by atoms with van der Waals surface area (Å²) in [7, 11) is 0. The van der Waals surface area contributed by atoms with Gasteiger partial charge < -0.3 is 9.64 Å². The van der Waals surface area contributed by atoms with E-state index in [0.29, 0.717) is 24.8 Å². The van der Waals surface area contributed by atoms with Gasteiger partial charge in [-0.1, -0.05) is 40.2 Å². The number of carbonyl (C=O) groups is 1. The molecule has 2 aliphatic rings. The minimum Gasteiger partial charge on any atom is -0.365 e. The van der Waals surface area contributed by atoms with Crippen LogP contribution in [0.25, 0.3) is 0 Å². The molecular weight excluding hydrogens is 384 g/mol. The van der Waals surface area contributed by atoms with Crippen LogP contribution in [0.2, 0.25) is 0 Å². The Morgan fingerprint density at radius 3 is 2.68 bits per heavy atom. The molecule has 1 amide bonds. The molecule has 1 atom stereocenters. The van der Waals surface area contributed by atoms with E-state index in [1.54, 1.807) is 0 Å². The Bertz CT molecular complexity index is 766. The van der Waals surface area contributed by atoms with Gasteiger partial charge in [-0.2, -0.15) is 0 Å². The number of amides is 1. The van der Waals surface area contributed by atoms with Crippen LogP contribution in [0.15, 0.2) is 28.7 Å². The Hall–Kier alpha value is -1.73. The van der Waals surface area contributed by atoms with E-state index in [1.165, 1.54) is 0 Å². The number of nitrogens with zero attached hydrogens (tertiary/aromatic N) is 4. The van der Waals surface area contributed by atoms with Crippen LogP contribution in [0.1, 0.15) is 47.6 Å². The average molecular weight is 405 g/mol. The highest BCUT2D eigenvalue weighted by Crippen LogP contribution is 2.28. The molecule has 25 heavy (non-hydrogen) atoms. The summed E-state index contributed by atoms with van der Waals surface area (Å²) in [5, 5.41) is 8.38. The van der Waals surface area contributed by atoms with Gasteiger partial charge in [0.1, 0.15) is 6.10 Å². The Balaban J connectivity index is 1.50. The molecule has 0 saturated carbocycles. The molecule has 1 fully saturated rings. The van der Waals surface area contributed by atoms with Crippen LogP contribution in [0.3, 0.4) is 0 Å². The predicted molar refractivity (Wildman–Crippen MR) is 96.0 cm³/mol. The topological polar surface area (TPSA) is 60.2 Å². The molecule has 0 N–H and O–H groups in total. The van der Waals surface area contributed by atoms with Crippen molar-refractivity contribution in [2.24, 2.45) is 5.92 Å². The lowest BCUT2D eigenvalue weighted by molar-refractivity contribution is -0.00201. The highest BCUT2D eigenvalue weighted by Gasteiger charge is 2.31. The highest BCUT2D eigenvalue weighted by atomic mass is 79.9. The van der Waals surface area contributed by atoms with Gasteiger partial charge in [0.25, 0.3) is 5.91 Å². The van der Waals surface area contributed by atoms with Gasteiger partial charge in [-0.05, 0) is 36.5 Å². The molecule has 0 aliphatic carbocycles. The van der Waals surface area contributed by atoms with Gasteiger partial charge in [-0.15, -0.1) is 5.10 Å². The van der Waals surface area contributed by atoms with Crippen molar-refractivity contribution in [3.05, 3.63) is 45.7 Å². The molecular formula is C18H21BrN4O2. The summed E-state index contributed by atoms with van der Waals surface area (Å²) in [5.74, 6) is 0.673. The maximum atomic E-state index is 12.8. The quantitative estimate of drug-likeness (QED) is 0.770. The standard InChI is InChI=1S/C18H21BrN4O2/c1-12-6-8-22(9-7-12)18(24)17-15-11-25-16(10-23(15)21-20-17)13-2-4-14(19)5-3-13/h2-5,12,16H,6-11H2,1H3/t16-/m0/s1. The molecule has 0 radical (unpaired) electrons.